The molecule has 0 radical (unpaired) electrons. The minimum atomic E-state index is -1.09. The molecule has 0 saturated heterocycles. The zero-order valence-electron chi connectivity index (χ0n) is 10.6. The van der Waals surface area contributed by atoms with Gasteiger partial charge in [0, 0.05) is 5.69 Å². The van der Waals surface area contributed by atoms with Gasteiger partial charge in [-0.15, -0.1) is 10.2 Å². The predicted octanol–water partition coefficient (Wildman–Crippen LogP) is 1.74. The normalized spacial score (nSPS) is 10.5. The molecule has 0 aliphatic carbocycles. The molecule has 8 heteroatoms. The highest BCUT2D eigenvalue weighted by atomic mass is 32.1. The van der Waals surface area contributed by atoms with Crippen molar-refractivity contribution in [1.29, 1.82) is 0 Å². The number of carbonyl (C=O) groups excluding carboxylic acids is 1. The zero-order valence-corrected chi connectivity index (χ0v) is 11.4. The van der Waals surface area contributed by atoms with Crippen molar-refractivity contribution in [2.75, 3.05) is 5.32 Å². The van der Waals surface area contributed by atoms with Crippen LogP contribution in [0.3, 0.4) is 0 Å². The minimum absolute atomic E-state index is 0.0242. The van der Waals surface area contributed by atoms with E-state index in [9.17, 15) is 9.59 Å². The van der Waals surface area contributed by atoms with Crippen LogP contribution in [0.2, 0.25) is 0 Å². The summed E-state index contributed by atoms with van der Waals surface area (Å²) < 4.78 is 0. The van der Waals surface area contributed by atoms with Gasteiger partial charge in [0.15, 0.2) is 0 Å². The molecule has 1 amide bonds. The van der Waals surface area contributed by atoms with Gasteiger partial charge in [0.1, 0.15) is 10.7 Å². The Bertz CT molecular complexity index is 659. The molecule has 19 heavy (non-hydrogen) atoms. The summed E-state index contributed by atoms with van der Waals surface area (Å²) in [5.41, 5.74) is 1.26. The largest absolute Gasteiger partial charge is 0.477 e. The molecule has 7 nitrogen and oxygen atoms in total. The van der Waals surface area contributed by atoms with Gasteiger partial charge in [-0.25, -0.2) is 4.79 Å². The SMILES string of the molecule is Cc1nnc(NC(=O)c2c(C)[nH]c(C(=O)O)c2C)s1. The molecule has 0 aromatic carbocycles. The topological polar surface area (TPSA) is 108 Å². The lowest BCUT2D eigenvalue weighted by Gasteiger charge is -2.01. The molecular formula is C11H12N4O3S. The number of aryl methyl sites for hydroxylation is 2. The van der Waals surface area contributed by atoms with Crippen LogP contribution in [0.4, 0.5) is 5.13 Å². The number of aromatic amines is 1. The third-order valence-corrected chi connectivity index (χ3v) is 3.38. The summed E-state index contributed by atoms with van der Waals surface area (Å²) in [5.74, 6) is -1.48. The van der Waals surface area contributed by atoms with E-state index in [1.807, 2.05) is 0 Å². The smallest absolute Gasteiger partial charge is 0.352 e. The van der Waals surface area contributed by atoms with E-state index < -0.39 is 11.9 Å². The van der Waals surface area contributed by atoms with Gasteiger partial charge in [-0.3, -0.25) is 10.1 Å². The van der Waals surface area contributed by atoms with Crippen molar-refractivity contribution in [3.05, 3.63) is 27.5 Å². The number of aromatic carboxylic acids is 1. The quantitative estimate of drug-likeness (QED) is 0.793. The van der Waals surface area contributed by atoms with Crippen molar-refractivity contribution >= 4 is 28.3 Å². The van der Waals surface area contributed by atoms with Gasteiger partial charge in [-0.05, 0) is 26.3 Å². The summed E-state index contributed by atoms with van der Waals surface area (Å²) in [6.45, 7) is 5.02. The molecule has 0 aliphatic heterocycles. The fourth-order valence-corrected chi connectivity index (χ4v) is 2.40. The number of H-pyrrole nitrogens is 1. The number of nitrogens with zero attached hydrogens (tertiary/aromatic N) is 2. The fourth-order valence-electron chi connectivity index (χ4n) is 1.81. The van der Waals surface area contributed by atoms with Crippen LogP contribution in [-0.2, 0) is 0 Å². The second-order valence-electron chi connectivity index (χ2n) is 4.01. The molecule has 0 bridgehead atoms. The molecule has 0 saturated carbocycles. The van der Waals surface area contributed by atoms with E-state index in [-0.39, 0.29) is 5.69 Å². The van der Waals surface area contributed by atoms with Gasteiger partial charge < -0.3 is 10.1 Å². The number of carboxylic acid groups (broad SMARTS) is 1. The second kappa shape index (κ2) is 4.81. The monoisotopic (exact) mass is 280 g/mol. The Morgan fingerprint density at radius 3 is 2.42 bits per heavy atom. The zero-order chi connectivity index (χ0) is 14.2. The van der Waals surface area contributed by atoms with Crippen molar-refractivity contribution in [2.45, 2.75) is 20.8 Å². The van der Waals surface area contributed by atoms with E-state index in [2.05, 4.69) is 20.5 Å². The summed E-state index contributed by atoms with van der Waals surface area (Å²) in [7, 11) is 0. The number of hydrogen-bond donors (Lipinski definition) is 3. The van der Waals surface area contributed by atoms with E-state index in [0.717, 1.165) is 5.01 Å². The van der Waals surface area contributed by atoms with Crippen molar-refractivity contribution in [1.82, 2.24) is 15.2 Å². The number of nitrogens with one attached hydrogen (secondary N) is 2. The van der Waals surface area contributed by atoms with Crippen molar-refractivity contribution in [3.8, 4) is 0 Å². The molecule has 0 fully saturated rings. The van der Waals surface area contributed by atoms with E-state index in [1.54, 1.807) is 20.8 Å². The molecule has 2 aromatic rings. The van der Waals surface area contributed by atoms with Gasteiger partial charge in [0.25, 0.3) is 5.91 Å². The average molecular weight is 280 g/mol. The van der Waals surface area contributed by atoms with Crippen LogP contribution in [0.25, 0.3) is 0 Å². The van der Waals surface area contributed by atoms with Gasteiger partial charge in [0.05, 0.1) is 5.56 Å². The van der Waals surface area contributed by atoms with E-state index >= 15 is 0 Å². The van der Waals surface area contributed by atoms with Crippen LogP contribution in [0, 0.1) is 20.8 Å². The first-order valence-electron chi connectivity index (χ1n) is 5.44. The summed E-state index contributed by atoms with van der Waals surface area (Å²) >= 11 is 1.25. The molecule has 0 unspecified atom stereocenters. The highest BCUT2D eigenvalue weighted by Gasteiger charge is 2.22. The lowest BCUT2D eigenvalue weighted by molar-refractivity contribution is 0.0690. The number of hydrogen-bond acceptors (Lipinski definition) is 5. The maximum atomic E-state index is 12.1. The molecule has 2 rings (SSSR count). The number of rotatable bonds is 3. The predicted molar refractivity (Wildman–Crippen MR) is 69.8 cm³/mol. The van der Waals surface area contributed by atoms with Crippen LogP contribution in [0.15, 0.2) is 0 Å². The maximum Gasteiger partial charge on any atom is 0.352 e. The summed E-state index contributed by atoms with van der Waals surface area (Å²) in [6.07, 6.45) is 0. The van der Waals surface area contributed by atoms with E-state index in [0.29, 0.717) is 22.0 Å². The lowest BCUT2D eigenvalue weighted by atomic mass is 10.1. The Labute approximate surface area is 112 Å². The van der Waals surface area contributed by atoms with Crippen LogP contribution in [-0.4, -0.2) is 32.2 Å². The Morgan fingerprint density at radius 2 is 1.95 bits per heavy atom. The third-order valence-electron chi connectivity index (χ3n) is 2.62. The van der Waals surface area contributed by atoms with E-state index in [1.165, 1.54) is 11.3 Å². The number of aromatic nitrogens is 3. The van der Waals surface area contributed by atoms with E-state index in [4.69, 9.17) is 5.11 Å². The first kappa shape index (κ1) is 13.2. The molecular weight excluding hydrogens is 268 g/mol. The molecule has 2 aromatic heterocycles. The first-order chi connectivity index (χ1) is 8.90. The van der Waals surface area contributed by atoms with Crippen LogP contribution < -0.4 is 5.32 Å². The maximum absolute atomic E-state index is 12.1. The standard InChI is InChI=1S/C11H12N4O3S/c1-4-7(5(2)12-8(4)10(17)18)9(16)13-11-15-14-6(3)19-11/h12H,1-3H3,(H,17,18)(H,13,15,16). The Hall–Kier alpha value is -2.22. The summed E-state index contributed by atoms with van der Waals surface area (Å²) in [4.78, 5) is 25.8. The highest BCUT2D eigenvalue weighted by molar-refractivity contribution is 7.15. The van der Waals surface area contributed by atoms with Crippen LogP contribution in [0.1, 0.15) is 37.1 Å². The second-order valence-corrected chi connectivity index (χ2v) is 5.19. The van der Waals surface area contributed by atoms with Crippen LogP contribution in [0.5, 0.6) is 0 Å². The molecule has 2 heterocycles. The molecule has 3 N–H and O–H groups in total. The van der Waals surface area contributed by atoms with Gasteiger partial charge >= 0.3 is 5.97 Å². The van der Waals surface area contributed by atoms with Crippen molar-refractivity contribution in [2.24, 2.45) is 0 Å². The lowest BCUT2D eigenvalue weighted by Crippen LogP contribution is -2.13. The summed E-state index contributed by atoms with van der Waals surface area (Å²) in [5, 5.41) is 20.3. The third kappa shape index (κ3) is 2.48. The highest BCUT2D eigenvalue weighted by Crippen LogP contribution is 2.21. The summed E-state index contributed by atoms with van der Waals surface area (Å²) in [6, 6.07) is 0. The average Bonchev–Trinajstić information content (AvgIpc) is 2.83. The Kier molecular flexibility index (Phi) is 3.34. The molecule has 100 valence electrons. The molecule has 0 spiro atoms. The minimum Gasteiger partial charge on any atom is -0.477 e. The van der Waals surface area contributed by atoms with Crippen LogP contribution >= 0.6 is 11.3 Å². The molecule has 0 atom stereocenters. The Balaban J connectivity index is 2.31. The van der Waals surface area contributed by atoms with Gasteiger partial charge in [0.2, 0.25) is 5.13 Å². The number of amides is 1. The molecule has 0 aliphatic rings. The number of carboxylic acids is 1. The van der Waals surface area contributed by atoms with Crippen molar-refractivity contribution < 1.29 is 14.7 Å². The van der Waals surface area contributed by atoms with Crippen molar-refractivity contribution in [3.63, 3.8) is 0 Å². The number of carbonyl (C=O) groups is 2. The number of anilines is 1. The van der Waals surface area contributed by atoms with Gasteiger partial charge in [-0.2, -0.15) is 0 Å². The first-order valence-corrected chi connectivity index (χ1v) is 6.25. The van der Waals surface area contributed by atoms with Gasteiger partial charge in [-0.1, -0.05) is 11.3 Å². The Morgan fingerprint density at radius 1 is 1.26 bits per heavy atom. The fraction of sp³-hybridized carbons (Fsp3) is 0.273.